The molecule has 1 fully saturated rings. The molecule has 0 aromatic rings. The molecule has 62 valence electrons. The van der Waals surface area contributed by atoms with Crippen LogP contribution in [0.5, 0.6) is 0 Å². The first-order chi connectivity index (χ1) is 5.18. The summed E-state index contributed by atoms with van der Waals surface area (Å²) in [5, 5.41) is 0. The van der Waals surface area contributed by atoms with Crippen LogP contribution in [0.2, 0.25) is 0 Å². The molecule has 0 saturated carbocycles. The standard InChI is InChI=1S/C7H10O4/c1-5-2-6(8)4-11-7(9)10-3-5/h5H,2-4H2,1H3. The first-order valence-corrected chi connectivity index (χ1v) is 3.49. The van der Waals surface area contributed by atoms with Crippen LogP contribution in [0.25, 0.3) is 0 Å². The maximum Gasteiger partial charge on any atom is 0.508 e. The van der Waals surface area contributed by atoms with E-state index in [1.165, 1.54) is 0 Å². The lowest BCUT2D eigenvalue weighted by molar-refractivity contribution is -0.125. The minimum absolute atomic E-state index is 0.0471. The second-order valence-electron chi connectivity index (χ2n) is 2.70. The van der Waals surface area contributed by atoms with Gasteiger partial charge in [-0.2, -0.15) is 0 Å². The predicted octanol–water partition coefficient (Wildman–Crippen LogP) is 0.749. The van der Waals surface area contributed by atoms with E-state index in [1.54, 1.807) is 0 Å². The van der Waals surface area contributed by atoms with E-state index in [9.17, 15) is 9.59 Å². The van der Waals surface area contributed by atoms with Gasteiger partial charge in [-0.25, -0.2) is 4.79 Å². The van der Waals surface area contributed by atoms with Gasteiger partial charge in [-0.1, -0.05) is 6.92 Å². The second kappa shape index (κ2) is 3.37. The van der Waals surface area contributed by atoms with Crippen LogP contribution < -0.4 is 0 Å². The zero-order valence-electron chi connectivity index (χ0n) is 6.33. The molecule has 11 heavy (non-hydrogen) atoms. The Balaban J connectivity index is 2.47. The van der Waals surface area contributed by atoms with Crippen LogP contribution >= 0.6 is 0 Å². The lowest BCUT2D eigenvalue weighted by Gasteiger charge is -2.14. The van der Waals surface area contributed by atoms with E-state index in [4.69, 9.17) is 0 Å². The fraction of sp³-hybridized carbons (Fsp3) is 0.714. The smallest absolute Gasteiger partial charge is 0.434 e. The Labute approximate surface area is 64.5 Å². The summed E-state index contributed by atoms with van der Waals surface area (Å²) in [6.07, 6.45) is -0.322. The van der Waals surface area contributed by atoms with Crippen molar-refractivity contribution in [1.29, 1.82) is 0 Å². The fourth-order valence-corrected chi connectivity index (χ4v) is 0.898. The van der Waals surface area contributed by atoms with Crippen molar-refractivity contribution in [3.8, 4) is 0 Å². The summed E-state index contributed by atoms with van der Waals surface area (Å²) in [7, 11) is 0. The summed E-state index contributed by atoms with van der Waals surface area (Å²) in [6, 6.07) is 0. The van der Waals surface area contributed by atoms with Gasteiger partial charge in [-0.3, -0.25) is 4.79 Å². The van der Waals surface area contributed by atoms with Crippen LogP contribution in [0, 0.1) is 5.92 Å². The molecule has 4 heteroatoms. The number of cyclic esters (lactones) is 2. The zero-order chi connectivity index (χ0) is 8.27. The van der Waals surface area contributed by atoms with Gasteiger partial charge in [-0.15, -0.1) is 0 Å². The van der Waals surface area contributed by atoms with Gasteiger partial charge in [0, 0.05) is 6.42 Å². The highest BCUT2D eigenvalue weighted by Gasteiger charge is 2.17. The minimum Gasteiger partial charge on any atom is -0.434 e. The quantitative estimate of drug-likeness (QED) is 0.488. The number of ether oxygens (including phenoxy) is 2. The van der Waals surface area contributed by atoms with Crippen molar-refractivity contribution in [2.24, 2.45) is 5.92 Å². The second-order valence-corrected chi connectivity index (χ2v) is 2.70. The van der Waals surface area contributed by atoms with Crippen molar-refractivity contribution in [2.75, 3.05) is 13.2 Å². The Morgan fingerprint density at radius 2 is 2.09 bits per heavy atom. The number of carbonyl (C=O) groups excluding carboxylic acids is 2. The Kier molecular flexibility index (Phi) is 2.46. The number of rotatable bonds is 0. The normalized spacial score (nSPS) is 26.5. The zero-order valence-corrected chi connectivity index (χ0v) is 6.33. The number of hydrogen-bond acceptors (Lipinski definition) is 4. The molecule has 1 aliphatic heterocycles. The first-order valence-electron chi connectivity index (χ1n) is 3.49. The minimum atomic E-state index is -0.745. The third-order valence-electron chi connectivity index (χ3n) is 1.41. The van der Waals surface area contributed by atoms with Crippen molar-refractivity contribution in [1.82, 2.24) is 0 Å². The lowest BCUT2D eigenvalue weighted by atomic mass is 10.1. The van der Waals surface area contributed by atoms with Gasteiger partial charge in [0.2, 0.25) is 0 Å². The van der Waals surface area contributed by atoms with Crippen LogP contribution in [0.1, 0.15) is 13.3 Å². The van der Waals surface area contributed by atoms with Gasteiger partial charge in [0.25, 0.3) is 0 Å². The summed E-state index contributed by atoms with van der Waals surface area (Å²) in [4.78, 5) is 21.4. The van der Waals surface area contributed by atoms with Gasteiger partial charge >= 0.3 is 6.16 Å². The number of hydrogen-bond donors (Lipinski definition) is 0. The average Bonchev–Trinajstić information content (AvgIpc) is 1.95. The third-order valence-corrected chi connectivity index (χ3v) is 1.41. The van der Waals surface area contributed by atoms with Gasteiger partial charge in [0.1, 0.15) is 0 Å². The summed E-state index contributed by atoms with van der Waals surface area (Å²) in [5.41, 5.74) is 0. The van der Waals surface area contributed by atoms with Gasteiger partial charge < -0.3 is 9.47 Å². The molecule has 1 saturated heterocycles. The van der Waals surface area contributed by atoms with Crippen molar-refractivity contribution in [3.63, 3.8) is 0 Å². The topological polar surface area (TPSA) is 52.6 Å². The maximum atomic E-state index is 10.9. The van der Waals surface area contributed by atoms with E-state index in [-0.39, 0.29) is 24.9 Å². The van der Waals surface area contributed by atoms with E-state index in [2.05, 4.69) is 9.47 Å². The molecule has 1 rings (SSSR count). The molecule has 0 N–H and O–H groups in total. The molecule has 0 aromatic heterocycles. The average molecular weight is 158 g/mol. The van der Waals surface area contributed by atoms with Crippen molar-refractivity contribution < 1.29 is 19.1 Å². The van der Waals surface area contributed by atoms with E-state index in [1.807, 2.05) is 6.92 Å². The van der Waals surface area contributed by atoms with Crippen LogP contribution in [-0.4, -0.2) is 25.2 Å². The van der Waals surface area contributed by atoms with E-state index < -0.39 is 6.16 Å². The maximum absolute atomic E-state index is 10.9. The SMILES string of the molecule is CC1COC(=O)OCC(=O)C1. The van der Waals surface area contributed by atoms with E-state index in [0.717, 1.165) is 0 Å². The summed E-state index contributed by atoms with van der Waals surface area (Å²) < 4.78 is 9.06. The number of ketones is 1. The van der Waals surface area contributed by atoms with E-state index in [0.29, 0.717) is 6.42 Å². The molecule has 0 spiro atoms. The van der Waals surface area contributed by atoms with Gasteiger partial charge in [-0.05, 0) is 5.92 Å². The van der Waals surface area contributed by atoms with Gasteiger partial charge in [0.05, 0.1) is 6.61 Å². The van der Waals surface area contributed by atoms with Crippen LogP contribution in [0.15, 0.2) is 0 Å². The van der Waals surface area contributed by atoms with Crippen molar-refractivity contribution in [2.45, 2.75) is 13.3 Å². The molecule has 0 bridgehead atoms. The van der Waals surface area contributed by atoms with Crippen LogP contribution in [0.3, 0.4) is 0 Å². The summed E-state index contributed by atoms with van der Waals surface area (Å²) >= 11 is 0. The Hall–Kier alpha value is -1.06. The fourth-order valence-electron chi connectivity index (χ4n) is 0.898. The molecule has 1 unspecified atom stereocenters. The molecule has 0 aliphatic carbocycles. The Bertz CT molecular complexity index is 175. The Morgan fingerprint density at radius 1 is 1.36 bits per heavy atom. The number of Topliss-reactive ketones (excluding diaryl/α,β-unsaturated/α-hetero) is 1. The van der Waals surface area contributed by atoms with E-state index >= 15 is 0 Å². The highest BCUT2D eigenvalue weighted by molar-refractivity contribution is 5.81. The molecule has 1 aliphatic rings. The Morgan fingerprint density at radius 3 is 2.82 bits per heavy atom. The molecule has 4 nitrogen and oxygen atoms in total. The lowest BCUT2D eigenvalue weighted by Crippen LogP contribution is -2.24. The molecule has 1 heterocycles. The van der Waals surface area contributed by atoms with Crippen LogP contribution in [-0.2, 0) is 14.3 Å². The molecule has 0 radical (unpaired) electrons. The predicted molar refractivity (Wildman–Crippen MR) is 36.1 cm³/mol. The first kappa shape index (κ1) is 8.04. The number of carbonyl (C=O) groups is 2. The summed E-state index contributed by atoms with van der Waals surface area (Å²) in [5.74, 6) is 0.0597. The largest absolute Gasteiger partial charge is 0.508 e. The molecular weight excluding hydrogens is 148 g/mol. The molecule has 0 aromatic carbocycles. The van der Waals surface area contributed by atoms with Crippen LogP contribution in [0.4, 0.5) is 4.79 Å². The highest BCUT2D eigenvalue weighted by atomic mass is 16.7. The van der Waals surface area contributed by atoms with Crippen molar-refractivity contribution in [3.05, 3.63) is 0 Å². The highest BCUT2D eigenvalue weighted by Crippen LogP contribution is 2.07. The third kappa shape index (κ3) is 2.57. The van der Waals surface area contributed by atoms with Crippen molar-refractivity contribution >= 4 is 11.9 Å². The summed E-state index contributed by atoms with van der Waals surface area (Å²) in [6.45, 7) is 1.98. The molecular formula is C7H10O4. The molecule has 1 atom stereocenters. The molecule has 0 amide bonds. The van der Waals surface area contributed by atoms with Gasteiger partial charge in [0.15, 0.2) is 12.4 Å². The monoisotopic (exact) mass is 158 g/mol.